The quantitative estimate of drug-likeness (QED) is 0.517. The van der Waals surface area contributed by atoms with Crippen molar-refractivity contribution in [3.63, 3.8) is 0 Å². The average molecular weight is 182 g/mol. The summed E-state index contributed by atoms with van der Waals surface area (Å²) in [4.78, 5) is 15.7. The molecule has 11 heavy (non-hydrogen) atoms. The molecule has 0 saturated heterocycles. The molecule has 0 atom stereocenters. The Balaban J connectivity index is 0. The second-order valence-electron chi connectivity index (χ2n) is 1.76. The van der Waals surface area contributed by atoms with Gasteiger partial charge in [-0.2, -0.15) is 0 Å². The summed E-state index contributed by atoms with van der Waals surface area (Å²) >= 11 is 0. The molecule has 0 aliphatic carbocycles. The molecule has 0 aliphatic rings. The molecule has 0 aromatic carbocycles. The van der Waals surface area contributed by atoms with Crippen LogP contribution in [0.25, 0.3) is 0 Å². The molecule has 0 heterocycles. The van der Waals surface area contributed by atoms with Crippen LogP contribution in [0.4, 0.5) is 0 Å². The Morgan fingerprint density at radius 2 is 1.82 bits per heavy atom. The molecule has 0 unspecified atom stereocenters. The highest BCUT2D eigenvalue weighted by Gasteiger charge is 2.10. The largest absolute Gasteiger partial charge is 0.524 e. The molecule has 0 spiro atoms. The van der Waals surface area contributed by atoms with Crippen LogP contribution >= 0.6 is 7.82 Å². The van der Waals surface area contributed by atoms with Crippen molar-refractivity contribution in [2.24, 2.45) is 0 Å². The van der Waals surface area contributed by atoms with Crippen molar-refractivity contribution < 1.29 is 18.9 Å². The normalized spacial score (nSPS) is 9.45. The molecule has 0 aromatic heterocycles. The summed E-state index contributed by atoms with van der Waals surface area (Å²) in [5.41, 5.74) is 0. The van der Waals surface area contributed by atoms with Gasteiger partial charge in [0.1, 0.15) is 0 Å². The Kier molecular flexibility index (Phi) is 9.42. The number of phosphoric ester groups is 1. The van der Waals surface area contributed by atoms with Gasteiger partial charge in [0.25, 0.3) is 0 Å². The van der Waals surface area contributed by atoms with Crippen LogP contribution in [0, 0.1) is 0 Å². The van der Waals surface area contributed by atoms with Crippen LogP contribution in [0.3, 0.4) is 0 Å². The van der Waals surface area contributed by atoms with E-state index in [1.165, 1.54) is 12.8 Å². The molecule has 0 rings (SSSR count). The predicted molar refractivity (Wildman–Crippen MR) is 43.9 cm³/mol. The summed E-state index contributed by atoms with van der Waals surface area (Å²) in [6, 6.07) is 0. The maximum Gasteiger partial charge on any atom is 0.524 e. The summed E-state index contributed by atoms with van der Waals surface area (Å²) < 4.78 is 13.3. The molecule has 0 bridgehead atoms. The van der Waals surface area contributed by atoms with Gasteiger partial charge in [-0.1, -0.05) is 33.3 Å². The van der Waals surface area contributed by atoms with Gasteiger partial charge in [-0.25, -0.2) is 4.57 Å². The average Bonchev–Trinajstić information content (AvgIpc) is 1.86. The second-order valence-corrected chi connectivity index (χ2v) is 2.95. The highest BCUT2D eigenvalue weighted by Crippen LogP contribution is 2.35. The van der Waals surface area contributed by atoms with Gasteiger partial charge < -0.3 is 4.52 Å². The minimum Gasteiger partial charge on any atom is -0.413 e. The third kappa shape index (κ3) is 26.1. The molecule has 2 N–H and O–H groups in total. The molecule has 0 amide bonds. The molecule has 68 valence electrons. The van der Waals surface area contributed by atoms with Crippen LogP contribution in [-0.4, -0.2) is 9.79 Å². The van der Waals surface area contributed by atoms with Crippen LogP contribution in [0.5, 0.6) is 0 Å². The van der Waals surface area contributed by atoms with Crippen molar-refractivity contribution in [1.82, 2.24) is 0 Å². The Hall–Kier alpha value is -0.310. The zero-order valence-electron chi connectivity index (χ0n) is 6.86. The van der Waals surface area contributed by atoms with Crippen molar-refractivity contribution >= 4 is 7.82 Å². The minimum absolute atomic E-state index is 0.695. The zero-order valence-corrected chi connectivity index (χ0v) is 7.75. The number of rotatable bonds is 3. The van der Waals surface area contributed by atoms with Crippen LogP contribution in [0.2, 0.25) is 0 Å². The van der Waals surface area contributed by atoms with Crippen LogP contribution in [-0.2, 0) is 9.09 Å². The molecule has 0 aliphatic heterocycles. The Morgan fingerprint density at radius 1 is 1.45 bits per heavy atom. The van der Waals surface area contributed by atoms with Gasteiger partial charge in [0.05, 0.1) is 6.26 Å². The molecular weight excluding hydrogens is 167 g/mol. The van der Waals surface area contributed by atoms with Crippen molar-refractivity contribution in [3.8, 4) is 0 Å². The van der Waals surface area contributed by atoms with Crippen molar-refractivity contribution in [2.45, 2.75) is 26.7 Å². The van der Waals surface area contributed by atoms with Crippen molar-refractivity contribution in [3.05, 3.63) is 12.8 Å². The lowest BCUT2D eigenvalue weighted by Gasteiger charge is -1.96. The minimum atomic E-state index is -4.28. The molecule has 0 radical (unpaired) electrons. The highest BCUT2D eigenvalue weighted by molar-refractivity contribution is 7.46. The SMILES string of the molecule is C=COP(=O)(O)O.CCCC. The third-order valence-electron chi connectivity index (χ3n) is 0.712. The summed E-state index contributed by atoms with van der Waals surface area (Å²) in [7, 11) is -4.28. The first-order valence-corrected chi connectivity index (χ1v) is 4.85. The van der Waals surface area contributed by atoms with Gasteiger partial charge in [-0.05, 0) is 0 Å². The summed E-state index contributed by atoms with van der Waals surface area (Å²) in [6.07, 6.45) is 3.33. The first-order valence-electron chi connectivity index (χ1n) is 3.32. The molecule has 0 fully saturated rings. The maximum atomic E-state index is 9.63. The topological polar surface area (TPSA) is 66.8 Å². The Morgan fingerprint density at radius 3 is 1.82 bits per heavy atom. The van der Waals surface area contributed by atoms with E-state index >= 15 is 0 Å². The summed E-state index contributed by atoms with van der Waals surface area (Å²) in [6.45, 7) is 7.29. The zero-order chi connectivity index (χ0) is 9.33. The van der Waals surface area contributed by atoms with Gasteiger partial charge in [0.2, 0.25) is 0 Å². The first-order chi connectivity index (χ1) is 4.97. The van der Waals surface area contributed by atoms with E-state index in [0.717, 1.165) is 0 Å². The van der Waals surface area contributed by atoms with E-state index in [2.05, 4.69) is 25.0 Å². The molecule has 0 saturated carbocycles. The van der Waals surface area contributed by atoms with E-state index in [9.17, 15) is 4.57 Å². The van der Waals surface area contributed by atoms with Crippen molar-refractivity contribution in [2.75, 3.05) is 0 Å². The van der Waals surface area contributed by atoms with Gasteiger partial charge in [0, 0.05) is 0 Å². The predicted octanol–water partition coefficient (Wildman–Crippen LogP) is 2.05. The van der Waals surface area contributed by atoms with Gasteiger partial charge in [0.15, 0.2) is 0 Å². The van der Waals surface area contributed by atoms with Gasteiger partial charge >= 0.3 is 7.82 Å². The monoisotopic (exact) mass is 182 g/mol. The molecular formula is C6H15O4P. The Labute approximate surface area is 67.1 Å². The van der Waals surface area contributed by atoms with E-state index in [1.807, 2.05) is 0 Å². The number of hydrogen-bond donors (Lipinski definition) is 2. The molecule has 0 aromatic rings. The fourth-order valence-electron chi connectivity index (χ4n) is 0.0971. The fourth-order valence-corrected chi connectivity index (χ4v) is 0.291. The standard InChI is InChI=1S/C4H10.C2H5O4P/c1-3-4-2;1-2-6-7(3,4)5/h3-4H2,1-2H3;2H,1H2,(H2,3,4,5). The molecule has 4 nitrogen and oxygen atoms in total. The van der Waals surface area contributed by atoms with E-state index in [4.69, 9.17) is 9.79 Å². The number of phosphoric acid groups is 1. The van der Waals surface area contributed by atoms with E-state index in [0.29, 0.717) is 6.26 Å². The van der Waals surface area contributed by atoms with Gasteiger partial charge in [-0.15, -0.1) is 0 Å². The number of unbranched alkanes of at least 4 members (excludes halogenated alkanes) is 1. The van der Waals surface area contributed by atoms with E-state index in [1.54, 1.807) is 0 Å². The fraction of sp³-hybridized carbons (Fsp3) is 0.667. The van der Waals surface area contributed by atoms with Crippen LogP contribution in [0.15, 0.2) is 12.8 Å². The Bertz CT molecular complexity index is 127. The lowest BCUT2D eigenvalue weighted by atomic mass is 10.4. The lowest BCUT2D eigenvalue weighted by Crippen LogP contribution is -1.75. The van der Waals surface area contributed by atoms with E-state index in [-0.39, 0.29) is 0 Å². The van der Waals surface area contributed by atoms with Crippen molar-refractivity contribution in [1.29, 1.82) is 0 Å². The van der Waals surface area contributed by atoms with Gasteiger partial charge in [-0.3, -0.25) is 9.79 Å². The molecule has 5 heteroatoms. The second kappa shape index (κ2) is 7.79. The summed E-state index contributed by atoms with van der Waals surface area (Å²) in [5.74, 6) is 0. The third-order valence-corrected chi connectivity index (χ3v) is 1.14. The maximum absolute atomic E-state index is 9.63. The van der Waals surface area contributed by atoms with Crippen LogP contribution in [0.1, 0.15) is 26.7 Å². The van der Waals surface area contributed by atoms with Crippen LogP contribution < -0.4 is 0 Å². The first kappa shape index (κ1) is 13.3. The highest BCUT2D eigenvalue weighted by atomic mass is 31.2. The smallest absolute Gasteiger partial charge is 0.413 e. The summed E-state index contributed by atoms with van der Waals surface area (Å²) in [5, 5.41) is 0. The number of hydrogen-bond acceptors (Lipinski definition) is 2. The lowest BCUT2D eigenvalue weighted by molar-refractivity contribution is 0.259. The van der Waals surface area contributed by atoms with E-state index < -0.39 is 7.82 Å².